The number of carbonyl (C=O) groups excluding carboxylic acids is 1. The maximum absolute atomic E-state index is 12.7. The van der Waals surface area contributed by atoms with Gasteiger partial charge in [0.1, 0.15) is 0 Å². The highest BCUT2D eigenvalue weighted by molar-refractivity contribution is 6.19. The van der Waals surface area contributed by atoms with E-state index in [9.17, 15) is 4.79 Å². The Hall–Kier alpha value is -3.20. The Morgan fingerprint density at radius 1 is 0.750 bits per heavy atom. The van der Waals surface area contributed by atoms with E-state index >= 15 is 0 Å². The van der Waals surface area contributed by atoms with E-state index in [0.29, 0.717) is 5.56 Å². The summed E-state index contributed by atoms with van der Waals surface area (Å²) in [6.07, 6.45) is 1.27. The first-order valence-corrected chi connectivity index (χ1v) is 7.90. The van der Waals surface area contributed by atoms with Crippen LogP contribution in [0.3, 0.4) is 0 Å². The number of nitrogens with zero attached hydrogens (tertiary/aromatic N) is 1. The van der Waals surface area contributed by atoms with Gasteiger partial charge in [-0.1, -0.05) is 54.6 Å². The summed E-state index contributed by atoms with van der Waals surface area (Å²) in [5.41, 5.74) is 2.35. The van der Waals surface area contributed by atoms with Crippen LogP contribution >= 0.6 is 0 Å². The van der Waals surface area contributed by atoms with E-state index in [4.69, 9.17) is 4.74 Å². The number of cyclic esters (lactones) is 1. The number of esters is 1. The molecule has 24 heavy (non-hydrogen) atoms. The third-order valence-electron chi connectivity index (χ3n) is 4.62. The Morgan fingerprint density at radius 3 is 2.08 bits per heavy atom. The second-order valence-corrected chi connectivity index (χ2v) is 5.92. The Kier molecular flexibility index (Phi) is 2.71. The maximum atomic E-state index is 12.7. The molecule has 4 aromatic rings. The summed E-state index contributed by atoms with van der Waals surface area (Å²) >= 11 is 0. The Labute approximate surface area is 138 Å². The molecule has 1 atom stereocenters. The van der Waals surface area contributed by atoms with E-state index in [1.807, 2.05) is 48.5 Å². The van der Waals surface area contributed by atoms with E-state index < -0.39 is 6.10 Å². The first kappa shape index (κ1) is 13.3. The molecule has 0 spiro atoms. The van der Waals surface area contributed by atoms with Crippen molar-refractivity contribution in [3.8, 4) is 0 Å². The molecule has 0 saturated heterocycles. The fraction of sp³-hybridized carbons (Fsp3) is 0.0476. The molecule has 0 fully saturated rings. The van der Waals surface area contributed by atoms with Crippen molar-refractivity contribution in [3.05, 3.63) is 89.7 Å². The zero-order valence-corrected chi connectivity index (χ0v) is 12.8. The highest BCUT2D eigenvalue weighted by Gasteiger charge is 2.36. The molecule has 0 bridgehead atoms. The molecule has 0 amide bonds. The van der Waals surface area contributed by atoms with Crippen LogP contribution in [0.25, 0.3) is 21.5 Å². The van der Waals surface area contributed by atoms with Crippen molar-refractivity contribution >= 4 is 27.5 Å². The molecule has 3 heteroatoms. The molecular formula is C21H13NO2. The number of benzene rings is 3. The minimum atomic E-state index is -0.455. The van der Waals surface area contributed by atoms with Gasteiger partial charge >= 0.3 is 5.97 Å². The molecule has 0 saturated carbocycles. The topological polar surface area (TPSA) is 39.2 Å². The smallest absolute Gasteiger partial charge is 0.340 e. The molecule has 2 heterocycles. The molecule has 1 unspecified atom stereocenters. The van der Waals surface area contributed by atoms with Crippen LogP contribution in [0, 0.1) is 0 Å². The van der Waals surface area contributed by atoms with Gasteiger partial charge in [-0.15, -0.1) is 0 Å². The van der Waals surface area contributed by atoms with Gasteiger partial charge < -0.3 is 4.74 Å². The number of fused-ring (bicyclic) bond motifs is 6. The fourth-order valence-electron chi connectivity index (χ4n) is 3.63. The van der Waals surface area contributed by atoms with Gasteiger partial charge in [-0.2, -0.15) is 0 Å². The highest BCUT2D eigenvalue weighted by atomic mass is 16.5. The minimum Gasteiger partial charge on any atom is -0.447 e. The van der Waals surface area contributed by atoms with Crippen LogP contribution in [0.1, 0.15) is 27.7 Å². The number of pyridine rings is 1. The van der Waals surface area contributed by atoms with Crippen molar-refractivity contribution in [1.29, 1.82) is 0 Å². The van der Waals surface area contributed by atoms with Crippen molar-refractivity contribution in [2.45, 2.75) is 6.10 Å². The number of aromatic nitrogens is 1. The van der Waals surface area contributed by atoms with Crippen molar-refractivity contribution in [2.24, 2.45) is 0 Å². The summed E-state index contributed by atoms with van der Waals surface area (Å²) < 4.78 is 5.73. The van der Waals surface area contributed by atoms with E-state index in [0.717, 1.165) is 32.8 Å². The second-order valence-electron chi connectivity index (χ2n) is 5.92. The van der Waals surface area contributed by atoms with Crippen LogP contribution < -0.4 is 0 Å². The number of ether oxygens (including phenoxy) is 1. The van der Waals surface area contributed by atoms with Crippen LogP contribution in [0.15, 0.2) is 72.9 Å². The first-order valence-electron chi connectivity index (χ1n) is 7.90. The molecule has 0 radical (unpaired) electrons. The molecule has 1 aromatic heterocycles. The number of hydrogen-bond acceptors (Lipinski definition) is 3. The van der Waals surface area contributed by atoms with Gasteiger partial charge in [-0.05, 0) is 33.7 Å². The van der Waals surface area contributed by atoms with Crippen LogP contribution in [-0.4, -0.2) is 11.0 Å². The molecule has 0 N–H and O–H groups in total. The normalized spacial score (nSPS) is 16.3. The lowest BCUT2D eigenvalue weighted by Gasteiger charge is -2.13. The molecule has 3 nitrogen and oxygen atoms in total. The van der Waals surface area contributed by atoms with Gasteiger partial charge in [0.25, 0.3) is 0 Å². The average Bonchev–Trinajstić information content (AvgIpc) is 3.01. The molecule has 1 aliphatic heterocycles. The van der Waals surface area contributed by atoms with Gasteiger partial charge in [0.2, 0.25) is 0 Å². The lowest BCUT2D eigenvalue weighted by atomic mass is 9.90. The summed E-state index contributed by atoms with van der Waals surface area (Å²) in [5.74, 6) is -0.275. The lowest BCUT2D eigenvalue weighted by molar-refractivity contribution is 0.0452. The van der Waals surface area contributed by atoms with Crippen molar-refractivity contribution in [3.63, 3.8) is 0 Å². The lowest BCUT2D eigenvalue weighted by Crippen LogP contribution is -2.02. The Balaban J connectivity index is 1.95. The van der Waals surface area contributed by atoms with Crippen molar-refractivity contribution < 1.29 is 9.53 Å². The van der Waals surface area contributed by atoms with Crippen LogP contribution in [0.4, 0.5) is 0 Å². The molecule has 3 aromatic carbocycles. The zero-order valence-electron chi connectivity index (χ0n) is 12.8. The van der Waals surface area contributed by atoms with Crippen LogP contribution in [-0.2, 0) is 4.74 Å². The molecule has 0 aliphatic carbocycles. The standard InChI is InChI=1S/C21H13NO2/c23-21-19-16-10-4-2-8-14(16)13-7-1-3-9-15(13)18(19)20(24-21)17-11-5-6-12-22-17/h1-12,20H. The van der Waals surface area contributed by atoms with E-state index in [1.54, 1.807) is 6.20 Å². The Morgan fingerprint density at radius 2 is 1.38 bits per heavy atom. The van der Waals surface area contributed by atoms with Crippen LogP contribution in [0.2, 0.25) is 0 Å². The van der Waals surface area contributed by atoms with E-state index in [2.05, 4.69) is 23.2 Å². The van der Waals surface area contributed by atoms with Gasteiger partial charge in [0, 0.05) is 11.8 Å². The molecule has 1 aliphatic rings. The number of rotatable bonds is 1. The third-order valence-corrected chi connectivity index (χ3v) is 4.62. The Bertz CT molecular complexity index is 1100. The first-order chi connectivity index (χ1) is 11.8. The third kappa shape index (κ3) is 1.72. The van der Waals surface area contributed by atoms with Crippen LogP contribution in [0.5, 0.6) is 0 Å². The van der Waals surface area contributed by atoms with Crippen molar-refractivity contribution in [2.75, 3.05) is 0 Å². The van der Waals surface area contributed by atoms with E-state index in [1.165, 1.54) is 0 Å². The zero-order chi connectivity index (χ0) is 16.1. The summed E-state index contributed by atoms with van der Waals surface area (Å²) in [7, 11) is 0. The average molecular weight is 311 g/mol. The number of carbonyl (C=O) groups is 1. The molecule has 5 rings (SSSR count). The summed E-state index contributed by atoms with van der Waals surface area (Å²) in [6, 6.07) is 21.8. The van der Waals surface area contributed by atoms with Crippen molar-refractivity contribution in [1.82, 2.24) is 4.98 Å². The quantitative estimate of drug-likeness (QED) is 0.379. The van der Waals surface area contributed by atoms with Gasteiger partial charge in [0.15, 0.2) is 6.10 Å². The minimum absolute atomic E-state index is 0.275. The summed E-state index contributed by atoms with van der Waals surface area (Å²) in [4.78, 5) is 17.1. The summed E-state index contributed by atoms with van der Waals surface area (Å²) in [6.45, 7) is 0. The fourth-order valence-corrected chi connectivity index (χ4v) is 3.63. The predicted octanol–water partition coefficient (Wildman–Crippen LogP) is 4.65. The second kappa shape index (κ2) is 4.90. The van der Waals surface area contributed by atoms with Gasteiger partial charge in [0.05, 0.1) is 11.3 Å². The molecule has 114 valence electrons. The van der Waals surface area contributed by atoms with Gasteiger partial charge in [-0.3, -0.25) is 4.98 Å². The highest BCUT2D eigenvalue weighted by Crippen LogP contribution is 2.44. The molecular weight excluding hydrogens is 298 g/mol. The number of hydrogen-bond donors (Lipinski definition) is 0. The monoisotopic (exact) mass is 311 g/mol. The largest absolute Gasteiger partial charge is 0.447 e. The SMILES string of the molecule is O=C1OC(c2ccccn2)c2c1c1ccccc1c1ccccc21. The maximum Gasteiger partial charge on any atom is 0.340 e. The van der Waals surface area contributed by atoms with Gasteiger partial charge in [-0.25, -0.2) is 4.79 Å². The predicted molar refractivity (Wildman–Crippen MR) is 92.9 cm³/mol. The summed E-state index contributed by atoms with van der Waals surface area (Å²) in [5, 5.41) is 4.19. The van der Waals surface area contributed by atoms with E-state index in [-0.39, 0.29) is 5.97 Å².